The van der Waals surface area contributed by atoms with E-state index in [2.05, 4.69) is 0 Å². The second kappa shape index (κ2) is 4.61. The highest BCUT2D eigenvalue weighted by Crippen LogP contribution is 2.33. The molecule has 0 amide bonds. The zero-order chi connectivity index (χ0) is 12.5. The molecule has 0 aromatic heterocycles. The summed E-state index contributed by atoms with van der Waals surface area (Å²) in [5, 5.41) is 9.34. The van der Waals surface area contributed by atoms with Gasteiger partial charge < -0.3 is 10.8 Å². The summed E-state index contributed by atoms with van der Waals surface area (Å²) in [4.78, 5) is 0. The average Bonchev–Trinajstić information content (AvgIpc) is 2.15. The lowest BCUT2D eigenvalue weighted by Gasteiger charge is -2.18. The molecular formula is C10H11ClF3NO. The normalized spacial score (nSPS) is 15.9. The van der Waals surface area contributed by atoms with Gasteiger partial charge in [-0.25, -0.2) is 0 Å². The van der Waals surface area contributed by atoms with Crippen molar-refractivity contribution < 1.29 is 18.3 Å². The highest BCUT2D eigenvalue weighted by molar-refractivity contribution is 6.31. The Bertz CT molecular complexity index is 379. The predicted molar refractivity (Wildman–Crippen MR) is 55.1 cm³/mol. The largest absolute Gasteiger partial charge is 0.416 e. The summed E-state index contributed by atoms with van der Waals surface area (Å²) in [6.07, 6.45) is -5.42. The number of rotatable bonds is 2. The Labute approximate surface area is 95.8 Å². The average molecular weight is 254 g/mol. The predicted octanol–water partition coefficient (Wildman–Crippen LogP) is 2.74. The van der Waals surface area contributed by atoms with Gasteiger partial charge in [-0.2, -0.15) is 13.2 Å². The van der Waals surface area contributed by atoms with Crippen LogP contribution in [0.25, 0.3) is 0 Å². The second-order valence-corrected chi connectivity index (χ2v) is 3.91. The van der Waals surface area contributed by atoms with Crippen molar-refractivity contribution in [1.29, 1.82) is 0 Å². The molecule has 0 heterocycles. The Balaban J connectivity index is 3.19. The van der Waals surface area contributed by atoms with Crippen LogP contribution >= 0.6 is 11.6 Å². The smallest absolute Gasteiger partial charge is 0.391 e. The Morgan fingerprint density at radius 1 is 1.38 bits per heavy atom. The molecule has 2 atom stereocenters. The van der Waals surface area contributed by atoms with E-state index in [1.54, 1.807) is 0 Å². The first kappa shape index (κ1) is 13.3. The first-order valence-corrected chi connectivity index (χ1v) is 4.91. The minimum absolute atomic E-state index is 0.0893. The number of aliphatic hydroxyl groups excluding tert-OH is 1. The van der Waals surface area contributed by atoms with Gasteiger partial charge in [0.1, 0.15) is 0 Å². The maximum atomic E-state index is 12.4. The standard InChI is InChI=1S/C10H11ClF3NO/c1-5(16)9(15)7-4-6(10(12,13)14)2-3-8(7)11/h2-5,9,16H,15H2,1H3/t5-,9+/m0/s1. The van der Waals surface area contributed by atoms with Crippen molar-refractivity contribution in [2.75, 3.05) is 0 Å². The number of alkyl halides is 3. The fraction of sp³-hybridized carbons (Fsp3) is 0.400. The van der Waals surface area contributed by atoms with Gasteiger partial charge in [0.25, 0.3) is 0 Å². The Morgan fingerprint density at radius 3 is 2.38 bits per heavy atom. The van der Waals surface area contributed by atoms with Crippen molar-refractivity contribution in [3.8, 4) is 0 Å². The Morgan fingerprint density at radius 2 is 1.94 bits per heavy atom. The van der Waals surface area contributed by atoms with Crippen LogP contribution in [0, 0.1) is 0 Å². The van der Waals surface area contributed by atoms with Crippen molar-refractivity contribution >= 4 is 11.6 Å². The molecule has 0 saturated carbocycles. The monoisotopic (exact) mass is 253 g/mol. The van der Waals surface area contributed by atoms with Gasteiger partial charge in [0.15, 0.2) is 0 Å². The van der Waals surface area contributed by atoms with Gasteiger partial charge >= 0.3 is 6.18 Å². The van der Waals surface area contributed by atoms with E-state index in [0.29, 0.717) is 0 Å². The summed E-state index contributed by atoms with van der Waals surface area (Å²) in [6.45, 7) is 1.39. The summed E-state index contributed by atoms with van der Waals surface area (Å²) >= 11 is 5.73. The van der Waals surface area contributed by atoms with Gasteiger partial charge in [0.2, 0.25) is 0 Å². The van der Waals surface area contributed by atoms with Crippen molar-refractivity contribution in [2.24, 2.45) is 5.73 Å². The van der Waals surface area contributed by atoms with Gasteiger partial charge in [-0.1, -0.05) is 11.6 Å². The maximum Gasteiger partial charge on any atom is 0.416 e. The third-order valence-corrected chi connectivity index (χ3v) is 2.55. The summed E-state index contributed by atoms with van der Waals surface area (Å²) in [7, 11) is 0. The summed E-state index contributed by atoms with van der Waals surface area (Å²) in [5.74, 6) is 0. The van der Waals surface area contributed by atoms with Gasteiger partial charge in [0, 0.05) is 5.02 Å². The molecule has 6 heteroatoms. The lowest BCUT2D eigenvalue weighted by molar-refractivity contribution is -0.137. The SMILES string of the molecule is C[C@H](O)[C@@H](N)c1cc(C(F)(F)F)ccc1Cl. The third kappa shape index (κ3) is 2.87. The van der Waals surface area contributed by atoms with Crippen LogP contribution in [0.1, 0.15) is 24.1 Å². The van der Waals surface area contributed by atoms with Crippen LogP contribution in [0.3, 0.4) is 0 Å². The van der Waals surface area contributed by atoms with E-state index in [9.17, 15) is 18.3 Å². The number of hydrogen-bond acceptors (Lipinski definition) is 2. The second-order valence-electron chi connectivity index (χ2n) is 3.50. The molecule has 0 spiro atoms. The molecule has 3 N–H and O–H groups in total. The third-order valence-electron chi connectivity index (χ3n) is 2.20. The molecule has 0 fully saturated rings. The molecule has 90 valence electrons. The zero-order valence-corrected chi connectivity index (χ0v) is 9.18. The Hall–Kier alpha value is -0.780. The van der Waals surface area contributed by atoms with E-state index in [1.165, 1.54) is 6.92 Å². The first-order valence-electron chi connectivity index (χ1n) is 4.53. The molecular weight excluding hydrogens is 243 g/mol. The van der Waals surface area contributed by atoms with Crippen LogP contribution in [0.5, 0.6) is 0 Å². The summed E-state index contributed by atoms with van der Waals surface area (Å²) < 4.78 is 37.3. The minimum atomic E-state index is -4.45. The molecule has 0 unspecified atom stereocenters. The van der Waals surface area contributed by atoms with Crippen LogP contribution in [0.2, 0.25) is 5.02 Å². The van der Waals surface area contributed by atoms with E-state index >= 15 is 0 Å². The minimum Gasteiger partial charge on any atom is -0.391 e. The van der Waals surface area contributed by atoms with E-state index in [1.807, 2.05) is 0 Å². The molecule has 1 rings (SSSR count). The molecule has 0 aliphatic rings. The molecule has 0 saturated heterocycles. The zero-order valence-electron chi connectivity index (χ0n) is 8.42. The highest BCUT2D eigenvalue weighted by Gasteiger charge is 2.31. The van der Waals surface area contributed by atoms with Crippen LogP contribution in [0.4, 0.5) is 13.2 Å². The lowest BCUT2D eigenvalue weighted by atomic mass is 10.0. The number of nitrogens with two attached hydrogens (primary N) is 1. The fourth-order valence-corrected chi connectivity index (χ4v) is 1.48. The molecule has 0 radical (unpaired) electrons. The molecule has 0 aliphatic carbocycles. The van der Waals surface area contributed by atoms with Gasteiger partial charge in [-0.3, -0.25) is 0 Å². The van der Waals surface area contributed by atoms with Crippen molar-refractivity contribution in [3.63, 3.8) is 0 Å². The molecule has 2 nitrogen and oxygen atoms in total. The van der Waals surface area contributed by atoms with E-state index < -0.39 is 23.9 Å². The number of halogens is 4. The van der Waals surface area contributed by atoms with Crippen LogP contribution in [-0.4, -0.2) is 11.2 Å². The van der Waals surface area contributed by atoms with Crippen molar-refractivity contribution in [3.05, 3.63) is 34.3 Å². The van der Waals surface area contributed by atoms with Crippen molar-refractivity contribution in [1.82, 2.24) is 0 Å². The molecule has 16 heavy (non-hydrogen) atoms. The number of benzene rings is 1. The van der Waals surface area contributed by atoms with Crippen LogP contribution < -0.4 is 5.73 Å². The molecule has 0 aliphatic heterocycles. The van der Waals surface area contributed by atoms with Gasteiger partial charge in [-0.05, 0) is 30.7 Å². The summed E-state index contributed by atoms with van der Waals surface area (Å²) in [5.41, 5.74) is 4.81. The summed E-state index contributed by atoms with van der Waals surface area (Å²) in [6, 6.07) is 1.93. The lowest BCUT2D eigenvalue weighted by Crippen LogP contribution is -2.24. The van der Waals surface area contributed by atoms with E-state index in [-0.39, 0.29) is 10.6 Å². The first-order chi connectivity index (χ1) is 7.23. The van der Waals surface area contributed by atoms with Gasteiger partial charge in [-0.15, -0.1) is 0 Å². The quantitative estimate of drug-likeness (QED) is 0.851. The molecule has 1 aromatic rings. The van der Waals surface area contributed by atoms with Gasteiger partial charge in [0.05, 0.1) is 17.7 Å². The molecule has 1 aromatic carbocycles. The maximum absolute atomic E-state index is 12.4. The fourth-order valence-electron chi connectivity index (χ4n) is 1.24. The number of hydrogen-bond donors (Lipinski definition) is 2. The van der Waals surface area contributed by atoms with Crippen LogP contribution in [0.15, 0.2) is 18.2 Å². The topological polar surface area (TPSA) is 46.2 Å². The number of aliphatic hydroxyl groups is 1. The van der Waals surface area contributed by atoms with E-state index in [0.717, 1.165) is 18.2 Å². The van der Waals surface area contributed by atoms with E-state index in [4.69, 9.17) is 17.3 Å². The Kier molecular flexibility index (Phi) is 3.83. The molecule has 0 bridgehead atoms. The van der Waals surface area contributed by atoms with Crippen molar-refractivity contribution in [2.45, 2.75) is 25.2 Å². The van der Waals surface area contributed by atoms with Crippen LogP contribution in [-0.2, 0) is 6.18 Å². The highest BCUT2D eigenvalue weighted by atomic mass is 35.5.